The number of nitrogens with one attached hydrogen (secondary N) is 2. The molecule has 1 aromatic carbocycles. The van der Waals surface area contributed by atoms with Gasteiger partial charge < -0.3 is 10.6 Å². The molecule has 2 amide bonds. The fraction of sp³-hybridized carbons (Fsp3) is 0.429. The van der Waals surface area contributed by atoms with Gasteiger partial charge in [-0.15, -0.1) is 11.3 Å². The predicted octanol–water partition coefficient (Wildman–Crippen LogP) is 3.14. The van der Waals surface area contributed by atoms with Crippen molar-refractivity contribution in [1.29, 1.82) is 0 Å². The van der Waals surface area contributed by atoms with Gasteiger partial charge in [-0.25, -0.2) is 8.42 Å². The van der Waals surface area contributed by atoms with Gasteiger partial charge in [-0.2, -0.15) is 0 Å². The Hall–Kier alpha value is -2.19. The van der Waals surface area contributed by atoms with E-state index in [-0.39, 0.29) is 17.5 Å². The van der Waals surface area contributed by atoms with Crippen molar-refractivity contribution in [2.45, 2.75) is 55.2 Å². The number of hydrogen-bond donors (Lipinski definition) is 2. The molecule has 3 rings (SSSR count). The summed E-state index contributed by atoms with van der Waals surface area (Å²) in [6.07, 6.45) is 4.98. The molecule has 0 aliphatic heterocycles. The molecular formula is C21H26N2O4S2. The lowest BCUT2D eigenvalue weighted by Gasteiger charge is -2.22. The Morgan fingerprint density at radius 3 is 2.38 bits per heavy atom. The fourth-order valence-electron chi connectivity index (χ4n) is 3.49. The van der Waals surface area contributed by atoms with Crippen LogP contribution in [0.5, 0.6) is 0 Å². The van der Waals surface area contributed by atoms with Crippen LogP contribution >= 0.6 is 11.3 Å². The number of sulfone groups is 1. The van der Waals surface area contributed by atoms with Crippen LogP contribution in [0, 0.1) is 6.92 Å². The van der Waals surface area contributed by atoms with E-state index in [1.165, 1.54) is 11.3 Å². The molecule has 0 saturated heterocycles. The minimum atomic E-state index is -3.73. The molecule has 0 bridgehead atoms. The monoisotopic (exact) mass is 434 g/mol. The minimum absolute atomic E-state index is 0.0198. The van der Waals surface area contributed by atoms with Gasteiger partial charge in [0.2, 0.25) is 0 Å². The van der Waals surface area contributed by atoms with E-state index in [9.17, 15) is 18.0 Å². The molecule has 1 aromatic heterocycles. The van der Waals surface area contributed by atoms with Crippen LogP contribution in [0.15, 0.2) is 46.7 Å². The normalized spacial score (nSPS) is 16.2. The van der Waals surface area contributed by atoms with Gasteiger partial charge in [-0.1, -0.05) is 43.0 Å². The summed E-state index contributed by atoms with van der Waals surface area (Å²) in [5, 5.41) is 6.13. The zero-order chi connectivity index (χ0) is 20.9. The smallest absolute Gasteiger partial charge is 0.309 e. The Morgan fingerprint density at radius 2 is 1.76 bits per heavy atom. The summed E-state index contributed by atoms with van der Waals surface area (Å²) < 4.78 is 26.4. The fourth-order valence-corrected chi connectivity index (χ4v) is 6.28. The van der Waals surface area contributed by atoms with Gasteiger partial charge in [0.25, 0.3) is 0 Å². The molecule has 0 unspecified atom stereocenters. The number of hydrogen-bond acceptors (Lipinski definition) is 5. The highest BCUT2D eigenvalue weighted by molar-refractivity contribution is 7.91. The SMILES string of the molecule is Cc1ccc(S(=O)(=O)[C@H](CNC(=O)C(=O)NC2CCCCC2)c2cccs2)cc1. The lowest BCUT2D eigenvalue weighted by molar-refractivity contribution is -0.139. The van der Waals surface area contributed by atoms with Crippen molar-refractivity contribution in [3.05, 3.63) is 52.2 Å². The molecule has 1 atom stereocenters. The second-order valence-electron chi connectivity index (χ2n) is 7.38. The average Bonchev–Trinajstić information content (AvgIpc) is 3.23. The van der Waals surface area contributed by atoms with Crippen LogP contribution in [0.4, 0.5) is 0 Å². The van der Waals surface area contributed by atoms with Crippen molar-refractivity contribution in [1.82, 2.24) is 10.6 Å². The molecule has 2 aromatic rings. The standard InChI is InChI=1S/C21H26N2O4S2/c1-15-9-11-17(12-10-15)29(26,27)19(18-8-5-13-28-18)14-22-20(24)21(25)23-16-6-3-2-4-7-16/h5,8-13,16,19H,2-4,6-7,14H2,1H3,(H,22,24)(H,23,25)/t19-/m1/s1. The van der Waals surface area contributed by atoms with Gasteiger partial charge in [-0.3, -0.25) is 9.59 Å². The minimum Gasteiger partial charge on any atom is -0.346 e. The Bertz CT molecular complexity index is 932. The molecular weight excluding hydrogens is 408 g/mol. The first kappa shape index (κ1) is 21.5. The van der Waals surface area contributed by atoms with Crippen LogP contribution in [0.1, 0.15) is 47.8 Å². The topological polar surface area (TPSA) is 92.3 Å². The molecule has 0 radical (unpaired) electrons. The van der Waals surface area contributed by atoms with Crippen LogP contribution in [0.2, 0.25) is 0 Å². The van der Waals surface area contributed by atoms with Crippen molar-refractivity contribution < 1.29 is 18.0 Å². The van der Waals surface area contributed by atoms with Crippen molar-refractivity contribution in [2.75, 3.05) is 6.54 Å². The maximum Gasteiger partial charge on any atom is 0.309 e. The lowest BCUT2D eigenvalue weighted by atomic mass is 9.95. The first-order valence-electron chi connectivity index (χ1n) is 9.80. The molecule has 6 nitrogen and oxygen atoms in total. The lowest BCUT2D eigenvalue weighted by Crippen LogP contribution is -2.46. The summed E-state index contributed by atoms with van der Waals surface area (Å²) in [4.78, 5) is 25.3. The van der Waals surface area contributed by atoms with Crippen molar-refractivity contribution in [3.8, 4) is 0 Å². The number of rotatable bonds is 6. The Labute approximate surface area is 175 Å². The van der Waals surface area contributed by atoms with Gasteiger partial charge in [0.15, 0.2) is 9.84 Å². The quantitative estimate of drug-likeness (QED) is 0.683. The third kappa shape index (κ3) is 5.45. The molecule has 156 valence electrons. The van der Waals surface area contributed by atoms with E-state index in [0.29, 0.717) is 4.88 Å². The largest absolute Gasteiger partial charge is 0.346 e. The number of amides is 2. The van der Waals surface area contributed by atoms with Crippen LogP contribution in [-0.2, 0) is 19.4 Å². The van der Waals surface area contributed by atoms with Crippen LogP contribution in [-0.4, -0.2) is 32.8 Å². The van der Waals surface area contributed by atoms with E-state index < -0.39 is 26.9 Å². The van der Waals surface area contributed by atoms with E-state index in [1.54, 1.807) is 41.8 Å². The average molecular weight is 435 g/mol. The van der Waals surface area contributed by atoms with Gasteiger partial charge in [0.1, 0.15) is 5.25 Å². The highest BCUT2D eigenvalue weighted by Crippen LogP contribution is 2.31. The molecule has 0 spiro atoms. The molecule has 29 heavy (non-hydrogen) atoms. The molecule has 8 heteroatoms. The van der Waals surface area contributed by atoms with Gasteiger partial charge in [0, 0.05) is 17.5 Å². The number of thiophene rings is 1. The molecule has 2 N–H and O–H groups in total. The summed E-state index contributed by atoms with van der Waals surface area (Å²) in [6.45, 7) is 1.73. The van der Waals surface area contributed by atoms with E-state index in [4.69, 9.17) is 0 Å². The predicted molar refractivity (Wildman–Crippen MR) is 113 cm³/mol. The van der Waals surface area contributed by atoms with E-state index in [0.717, 1.165) is 37.7 Å². The molecule has 1 fully saturated rings. The highest BCUT2D eigenvalue weighted by atomic mass is 32.2. The maximum atomic E-state index is 13.2. The second-order valence-corrected chi connectivity index (χ2v) is 10.5. The van der Waals surface area contributed by atoms with Crippen molar-refractivity contribution in [3.63, 3.8) is 0 Å². The van der Waals surface area contributed by atoms with Gasteiger partial charge in [-0.05, 0) is 43.3 Å². The summed E-state index contributed by atoms with van der Waals surface area (Å²) in [6, 6.07) is 10.2. The van der Waals surface area contributed by atoms with Crippen molar-refractivity contribution in [2.24, 2.45) is 0 Å². The Kier molecular flexibility index (Phi) is 7.08. The van der Waals surface area contributed by atoms with Crippen molar-refractivity contribution >= 4 is 33.0 Å². The van der Waals surface area contributed by atoms with Crippen LogP contribution < -0.4 is 10.6 Å². The zero-order valence-electron chi connectivity index (χ0n) is 16.4. The maximum absolute atomic E-state index is 13.2. The highest BCUT2D eigenvalue weighted by Gasteiger charge is 2.31. The third-order valence-corrected chi connectivity index (χ3v) is 8.41. The Balaban J connectivity index is 1.70. The number of aryl methyl sites for hydroxylation is 1. The van der Waals surface area contributed by atoms with E-state index >= 15 is 0 Å². The molecule has 1 aliphatic carbocycles. The first-order valence-corrected chi connectivity index (χ1v) is 12.2. The molecule has 1 aliphatic rings. The summed E-state index contributed by atoms with van der Waals surface area (Å²) in [5.41, 5.74) is 0.962. The summed E-state index contributed by atoms with van der Waals surface area (Å²) in [5.74, 6) is -1.49. The summed E-state index contributed by atoms with van der Waals surface area (Å²) in [7, 11) is -3.73. The van der Waals surface area contributed by atoms with Gasteiger partial charge in [0.05, 0.1) is 4.90 Å². The first-order chi connectivity index (χ1) is 13.9. The third-order valence-electron chi connectivity index (χ3n) is 5.18. The Morgan fingerprint density at radius 1 is 1.07 bits per heavy atom. The van der Waals surface area contributed by atoms with E-state index in [2.05, 4.69) is 10.6 Å². The number of carbonyl (C=O) groups is 2. The number of carbonyl (C=O) groups excluding carboxylic acids is 2. The van der Waals surface area contributed by atoms with Crippen LogP contribution in [0.3, 0.4) is 0 Å². The molecule has 1 heterocycles. The molecule has 1 saturated carbocycles. The summed E-state index contributed by atoms with van der Waals surface area (Å²) >= 11 is 1.31. The zero-order valence-corrected chi connectivity index (χ0v) is 18.0. The van der Waals surface area contributed by atoms with Gasteiger partial charge >= 0.3 is 11.8 Å². The van der Waals surface area contributed by atoms with E-state index in [1.807, 2.05) is 6.92 Å². The van der Waals surface area contributed by atoms with Crippen LogP contribution in [0.25, 0.3) is 0 Å². The second kappa shape index (κ2) is 9.54. The number of benzene rings is 1.